The number of urea groups is 1. The highest BCUT2D eigenvalue weighted by Crippen LogP contribution is 2.38. The van der Waals surface area contributed by atoms with Gasteiger partial charge >= 0.3 is 6.03 Å². The molecule has 0 saturated heterocycles. The van der Waals surface area contributed by atoms with Crippen molar-refractivity contribution in [3.05, 3.63) is 47.7 Å². The van der Waals surface area contributed by atoms with Crippen molar-refractivity contribution in [2.45, 2.75) is 25.9 Å². The van der Waals surface area contributed by atoms with E-state index < -0.39 is 11.4 Å². The second kappa shape index (κ2) is 4.58. The van der Waals surface area contributed by atoms with Gasteiger partial charge < -0.3 is 14.6 Å². The van der Waals surface area contributed by atoms with Crippen molar-refractivity contribution in [2.24, 2.45) is 0 Å². The quantitative estimate of drug-likeness (QED) is 0.721. The number of carbonyl (C=O) groups excluding carboxylic acids is 1. The van der Waals surface area contributed by atoms with E-state index in [1.165, 1.54) is 12.3 Å². The smallest absolute Gasteiger partial charge is 0.323 e. The van der Waals surface area contributed by atoms with Crippen LogP contribution in [-0.4, -0.2) is 21.1 Å². The largest absolute Gasteiger partial charge is 0.462 e. The summed E-state index contributed by atoms with van der Waals surface area (Å²) in [5.74, 6) is -0.530. The maximum atomic E-state index is 14.1. The van der Waals surface area contributed by atoms with E-state index in [9.17, 15) is 9.18 Å². The Morgan fingerprint density at radius 1 is 1.43 bits per heavy atom. The number of furan rings is 1. The molecular weight excluding hydrogens is 299 g/mol. The van der Waals surface area contributed by atoms with Gasteiger partial charge in [-0.05, 0) is 32.0 Å². The van der Waals surface area contributed by atoms with Crippen LogP contribution in [0.15, 0.2) is 35.1 Å². The predicted molar refractivity (Wildman–Crippen MR) is 82.3 cm³/mol. The van der Waals surface area contributed by atoms with Crippen LogP contribution in [0.4, 0.5) is 14.9 Å². The van der Waals surface area contributed by atoms with Gasteiger partial charge in [-0.1, -0.05) is 0 Å². The number of nitrogens with zero attached hydrogens (tertiary/aromatic N) is 2. The summed E-state index contributed by atoms with van der Waals surface area (Å²) in [5, 5.41) is 10.3. The van der Waals surface area contributed by atoms with Gasteiger partial charge in [-0.25, -0.2) is 9.18 Å². The first kappa shape index (κ1) is 13.8. The van der Waals surface area contributed by atoms with Gasteiger partial charge in [-0.3, -0.25) is 5.10 Å². The number of hydrogen-bond acceptors (Lipinski definition) is 3. The Morgan fingerprint density at radius 3 is 3.04 bits per heavy atom. The fraction of sp³-hybridized carbons (Fsp3) is 0.250. The number of nitrogens with one attached hydrogen (secondary N) is 2. The summed E-state index contributed by atoms with van der Waals surface area (Å²) in [6.45, 7) is 4.25. The lowest BCUT2D eigenvalue weighted by atomic mass is 10.0. The Labute approximate surface area is 131 Å². The van der Waals surface area contributed by atoms with Gasteiger partial charge in [-0.15, -0.1) is 0 Å². The Hall–Kier alpha value is -2.83. The number of fused-ring (bicyclic) bond motifs is 2. The van der Waals surface area contributed by atoms with Crippen molar-refractivity contribution >= 4 is 22.7 Å². The van der Waals surface area contributed by atoms with E-state index in [-0.39, 0.29) is 11.7 Å². The molecule has 0 bridgehead atoms. The van der Waals surface area contributed by atoms with Crippen LogP contribution in [0.2, 0.25) is 0 Å². The molecule has 1 aromatic carbocycles. The zero-order chi connectivity index (χ0) is 16.2. The first-order valence-corrected chi connectivity index (χ1v) is 7.25. The molecule has 0 spiro atoms. The number of aromatic nitrogens is 2. The Balaban J connectivity index is 1.67. The molecule has 0 unspecified atom stereocenters. The lowest BCUT2D eigenvalue weighted by molar-refractivity contribution is 0.155. The molecule has 0 fully saturated rings. The van der Waals surface area contributed by atoms with Crippen LogP contribution in [0.3, 0.4) is 0 Å². The molecule has 3 heterocycles. The zero-order valence-corrected chi connectivity index (χ0v) is 12.7. The average Bonchev–Trinajstić information content (AvgIpc) is 3.19. The van der Waals surface area contributed by atoms with Crippen LogP contribution in [0.5, 0.6) is 0 Å². The third kappa shape index (κ3) is 1.93. The van der Waals surface area contributed by atoms with E-state index in [1.54, 1.807) is 23.2 Å². The van der Waals surface area contributed by atoms with Gasteiger partial charge in [-0.2, -0.15) is 5.10 Å². The van der Waals surface area contributed by atoms with Gasteiger partial charge in [0, 0.05) is 10.9 Å². The lowest BCUT2D eigenvalue weighted by Crippen LogP contribution is -2.43. The van der Waals surface area contributed by atoms with Crippen molar-refractivity contribution in [3.63, 3.8) is 0 Å². The monoisotopic (exact) mass is 314 g/mol. The van der Waals surface area contributed by atoms with Gasteiger partial charge in [0.25, 0.3) is 0 Å². The van der Waals surface area contributed by atoms with E-state index in [0.717, 1.165) is 16.6 Å². The van der Waals surface area contributed by atoms with Crippen LogP contribution < -0.4 is 5.32 Å². The minimum atomic E-state index is -0.552. The van der Waals surface area contributed by atoms with E-state index in [1.807, 2.05) is 13.8 Å². The molecule has 2 amide bonds. The topological polar surface area (TPSA) is 74.2 Å². The highest BCUT2D eigenvalue weighted by Gasteiger charge is 2.42. The molecule has 3 aromatic rings. The standard InChI is InChI=1S/C16H15FN4O2/c1-16(2)14-10(7-18-20-14)8-21(16)15(22)19-12-11(17)4-3-9-5-6-23-13(9)12/h3-7H,8H2,1-2H3,(H,18,20)(H,19,22). The number of benzene rings is 1. The summed E-state index contributed by atoms with van der Waals surface area (Å²) in [4.78, 5) is 14.3. The molecule has 2 N–H and O–H groups in total. The molecule has 7 heteroatoms. The Bertz CT molecular complexity index is 912. The highest BCUT2D eigenvalue weighted by molar-refractivity contribution is 5.99. The molecule has 1 aliphatic rings. The Morgan fingerprint density at radius 2 is 2.26 bits per heavy atom. The second-order valence-corrected chi connectivity index (χ2v) is 6.11. The van der Waals surface area contributed by atoms with E-state index in [4.69, 9.17) is 4.42 Å². The average molecular weight is 314 g/mol. The van der Waals surface area contributed by atoms with Crippen LogP contribution in [-0.2, 0) is 12.1 Å². The van der Waals surface area contributed by atoms with Crippen LogP contribution in [0.1, 0.15) is 25.1 Å². The van der Waals surface area contributed by atoms with Crippen molar-refractivity contribution in [2.75, 3.05) is 5.32 Å². The number of halogens is 1. The number of anilines is 1. The minimum Gasteiger partial charge on any atom is -0.462 e. The molecule has 0 aliphatic carbocycles. The zero-order valence-electron chi connectivity index (χ0n) is 12.7. The predicted octanol–water partition coefficient (Wildman–Crippen LogP) is 3.58. The lowest BCUT2D eigenvalue weighted by Gasteiger charge is -2.31. The summed E-state index contributed by atoms with van der Waals surface area (Å²) in [5.41, 5.74) is 1.69. The molecule has 4 rings (SSSR count). The third-order valence-corrected chi connectivity index (χ3v) is 4.38. The fourth-order valence-corrected chi connectivity index (χ4v) is 3.09. The molecular formula is C16H15FN4O2. The molecule has 0 atom stereocenters. The minimum absolute atomic E-state index is 0.0574. The SMILES string of the molecule is CC1(C)c2[nH]ncc2CN1C(=O)Nc1c(F)ccc2ccoc12. The summed E-state index contributed by atoms with van der Waals surface area (Å²) >= 11 is 0. The molecule has 6 nitrogen and oxygen atoms in total. The van der Waals surface area contributed by atoms with Crippen LogP contribution >= 0.6 is 0 Å². The number of H-pyrrole nitrogens is 1. The number of carbonyl (C=O) groups is 1. The fourth-order valence-electron chi connectivity index (χ4n) is 3.09. The molecule has 23 heavy (non-hydrogen) atoms. The molecule has 2 aromatic heterocycles. The summed E-state index contributed by atoms with van der Waals surface area (Å²) in [6, 6.07) is 4.26. The van der Waals surface area contributed by atoms with Crippen molar-refractivity contribution in [1.82, 2.24) is 15.1 Å². The number of aromatic amines is 1. The van der Waals surface area contributed by atoms with Crippen molar-refractivity contribution in [1.29, 1.82) is 0 Å². The summed E-state index contributed by atoms with van der Waals surface area (Å²) in [6.07, 6.45) is 3.17. The van der Waals surface area contributed by atoms with E-state index >= 15 is 0 Å². The first-order chi connectivity index (χ1) is 11.0. The maximum absolute atomic E-state index is 14.1. The van der Waals surface area contributed by atoms with Crippen LogP contribution in [0.25, 0.3) is 11.0 Å². The second-order valence-electron chi connectivity index (χ2n) is 6.11. The van der Waals surface area contributed by atoms with Gasteiger partial charge in [0.1, 0.15) is 5.69 Å². The summed E-state index contributed by atoms with van der Waals surface area (Å²) < 4.78 is 19.4. The first-order valence-electron chi connectivity index (χ1n) is 7.25. The van der Waals surface area contributed by atoms with Gasteiger partial charge in [0.15, 0.2) is 11.4 Å². The van der Waals surface area contributed by atoms with Crippen molar-refractivity contribution < 1.29 is 13.6 Å². The van der Waals surface area contributed by atoms with E-state index in [0.29, 0.717) is 12.1 Å². The van der Waals surface area contributed by atoms with E-state index in [2.05, 4.69) is 15.5 Å². The normalized spacial score (nSPS) is 15.9. The molecule has 1 aliphatic heterocycles. The maximum Gasteiger partial charge on any atom is 0.323 e. The van der Waals surface area contributed by atoms with Gasteiger partial charge in [0.2, 0.25) is 0 Å². The molecule has 0 saturated carbocycles. The molecule has 118 valence electrons. The van der Waals surface area contributed by atoms with Crippen LogP contribution in [0, 0.1) is 5.82 Å². The number of rotatable bonds is 1. The number of hydrogen-bond donors (Lipinski definition) is 2. The Kier molecular flexibility index (Phi) is 2.75. The summed E-state index contributed by atoms with van der Waals surface area (Å²) in [7, 11) is 0. The highest BCUT2D eigenvalue weighted by atomic mass is 19.1. The molecule has 0 radical (unpaired) electrons. The number of amides is 2. The van der Waals surface area contributed by atoms with Gasteiger partial charge in [0.05, 0.1) is 30.2 Å². The van der Waals surface area contributed by atoms with Crippen molar-refractivity contribution in [3.8, 4) is 0 Å². The third-order valence-electron chi connectivity index (χ3n) is 4.38.